The minimum atomic E-state index is -0.407. The van der Waals surface area contributed by atoms with Crippen LogP contribution in [0.2, 0.25) is 0 Å². The van der Waals surface area contributed by atoms with Gasteiger partial charge in [-0.2, -0.15) is 0 Å². The number of phenols is 1. The zero-order valence-corrected chi connectivity index (χ0v) is 19.5. The summed E-state index contributed by atoms with van der Waals surface area (Å²) in [7, 11) is 0. The number of aliphatic hydroxyl groups excluding tert-OH is 1. The van der Waals surface area contributed by atoms with Crippen LogP contribution >= 0.6 is 0 Å². The Balaban J connectivity index is 2.19. The normalized spacial score (nSPS) is 12.6. The topological polar surface area (TPSA) is 70.7 Å². The minimum absolute atomic E-state index is 0.196. The Kier molecular flexibility index (Phi) is 5.17. The Bertz CT molecular complexity index is 1360. The van der Waals surface area contributed by atoms with Crippen LogP contribution < -0.4 is 5.63 Å². The van der Waals surface area contributed by atoms with Crippen molar-refractivity contribution in [2.24, 2.45) is 0 Å². The van der Waals surface area contributed by atoms with E-state index >= 15 is 0 Å². The van der Waals surface area contributed by atoms with Crippen LogP contribution in [0, 0.1) is 0 Å². The molecule has 0 bridgehead atoms. The highest BCUT2D eigenvalue weighted by Crippen LogP contribution is 2.44. The molecule has 0 spiro atoms. The quantitative estimate of drug-likeness (QED) is 0.285. The maximum Gasteiger partial charge on any atom is 0.344 e. The minimum Gasteiger partial charge on any atom is -0.507 e. The highest BCUT2D eigenvalue weighted by atomic mass is 16.4. The van der Waals surface area contributed by atoms with Crippen molar-refractivity contribution in [3.8, 4) is 16.9 Å². The van der Waals surface area contributed by atoms with Gasteiger partial charge in [0.25, 0.3) is 0 Å². The van der Waals surface area contributed by atoms with Crippen LogP contribution in [0.1, 0.15) is 58.2 Å². The number of aromatic hydroxyl groups is 1. The van der Waals surface area contributed by atoms with Crippen molar-refractivity contribution in [3.05, 3.63) is 75.6 Å². The van der Waals surface area contributed by atoms with Gasteiger partial charge in [-0.15, -0.1) is 0 Å². The van der Waals surface area contributed by atoms with Crippen molar-refractivity contribution < 1.29 is 14.6 Å². The summed E-state index contributed by atoms with van der Waals surface area (Å²) < 4.78 is 5.86. The van der Waals surface area contributed by atoms with Crippen LogP contribution in [0.3, 0.4) is 0 Å². The lowest BCUT2D eigenvalue weighted by molar-refractivity contribution is 0.282. The third-order valence-corrected chi connectivity index (χ3v) is 6.06. The summed E-state index contributed by atoms with van der Waals surface area (Å²) in [4.78, 5) is 12.8. The second-order valence-electron chi connectivity index (χ2n) is 10.5. The molecule has 4 heteroatoms. The van der Waals surface area contributed by atoms with E-state index in [0.717, 1.165) is 27.5 Å². The molecule has 4 aromatic rings. The van der Waals surface area contributed by atoms with Gasteiger partial charge >= 0.3 is 5.63 Å². The number of aliphatic hydroxyl groups is 1. The van der Waals surface area contributed by atoms with E-state index in [1.54, 1.807) is 6.07 Å². The summed E-state index contributed by atoms with van der Waals surface area (Å²) in [6.45, 7) is 12.1. The largest absolute Gasteiger partial charge is 0.507 e. The van der Waals surface area contributed by atoms with E-state index in [0.29, 0.717) is 22.1 Å². The van der Waals surface area contributed by atoms with Crippen molar-refractivity contribution in [2.45, 2.75) is 59.0 Å². The monoisotopic (exact) mass is 430 g/mol. The summed E-state index contributed by atoms with van der Waals surface area (Å²) in [6, 6.07) is 15.1. The molecular formula is C28H30O4. The van der Waals surface area contributed by atoms with Gasteiger partial charge in [-0.25, -0.2) is 4.79 Å². The van der Waals surface area contributed by atoms with Gasteiger partial charge in [0.2, 0.25) is 0 Å². The SMILES string of the molecule is CC(C)(C)c1cc(-c2c(CO)ccc3c2oc(=O)c2ccccc23)cc(C(C)(C)C)c1O. The molecule has 0 saturated carbocycles. The summed E-state index contributed by atoms with van der Waals surface area (Å²) in [6.07, 6.45) is 0. The molecule has 0 fully saturated rings. The number of rotatable bonds is 2. The number of hydrogen-bond donors (Lipinski definition) is 2. The smallest absolute Gasteiger partial charge is 0.344 e. The number of hydrogen-bond acceptors (Lipinski definition) is 4. The Morgan fingerprint density at radius 1 is 0.812 bits per heavy atom. The molecule has 0 aliphatic carbocycles. The van der Waals surface area contributed by atoms with Gasteiger partial charge in [-0.3, -0.25) is 0 Å². The first kappa shape index (κ1) is 22.1. The van der Waals surface area contributed by atoms with E-state index in [4.69, 9.17) is 4.42 Å². The van der Waals surface area contributed by atoms with Crippen LogP contribution in [0.25, 0.3) is 32.9 Å². The molecule has 166 valence electrons. The van der Waals surface area contributed by atoms with Gasteiger partial charge in [0.1, 0.15) is 11.3 Å². The van der Waals surface area contributed by atoms with E-state index in [1.807, 2.05) is 42.5 Å². The summed E-state index contributed by atoms with van der Waals surface area (Å²) in [5.74, 6) is 0.284. The molecule has 2 N–H and O–H groups in total. The second kappa shape index (κ2) is 7.49. The van der Waals surface area contributed by atoms with Gasteiger partial charge in [-0.1, -0.05) is 71.9 Å². The van der Waals surface area contributed by atoms with Crippen LogP contribution in [-0.4, -0.2) is 10.2 Å². The van der Waals surface area contributed by atoms with Gasteiger partial charge < -0.3 is 14.6 Å². The molecule has 1 heterocycles. The predicted octanol–water partition coefficient (Wildman–Crippen LogP) is 6.41. The molecule has 32 heavy (non-hydrogen) atoms. The van der Waals surface area contributed by atoms with E-state index in [2.05, 4.69) is 41.5 Å². The van der Waals surface area contributed by atoms with E-state index < -0.39 is 5.63 Å². The zero-order valence-electron chi connectivity index (χ0n) is 19.5. The summed E-state index contributed by atoms with van der Waals surface area (Å²) >= 11 is 0. The maximum absolute atomic E-state index is 12.8. The van der Waals surface area contributed by atoms with Crippen molar-refractivity contribution >= 4 is 21.7 Å². The molecule has 0 saturated heterocycles. The lowest BCUT2D eigenvalue weighted by atomic mass is 9.77. The van der Waals surface area contributed by atoms with E-state index in [1.165, 1.54) is 0 Å². The highest BCUT2D eigenvalue weighted by Gasteiger charge is 2.28. The van der Waals surface area contributed by atoms with Crippen molar-refractivity contribution in [1.29, 1.82) is 0 Å². The van der Waals surface area contributed by atoms with E-state index in [9.17, 15) is 15.0 Å². The Hall–Kier alpha value is -3.11. The fraction of sp³-hybridized carbons (Fsp3) is 0.321. The van der Waals surface area contributed by atoms with Crippen molar-refractivity contribution in [3.63, 3.8) is 0 Å². The Morgan fingerprint density at radius 2 is 1.38 bits per heavy atom. The maximum atomic E-state index is 12.8. The van der Waals surface area contributed by atoms with Gasteiger partial charge in [0.05, 0.1) is 12.0 Å². The fourth-order valence-electron chi connectivity index (χ4n) is 4.36. The number of fused-ring (bicyclic) bond motifs is 3. The highest BCUT2D eigenvalue weighted by molar-refractivity contribution is 6.09. The fourth-order valence-corrected chi connectivity index (χ4v) is 4.36. The van der Waals surface area contributed by atoms with Gasteiger partial charge in [-0.05, 0) is 45.5 Å². The van der Waals surface area contributed by atoms with Crippen LogP contribution in [-0.2, 0) is 17.4 Å². The molecule has 0 aliphatic rings. The van der Waals surface area contributed by atoms with Crippen LogP contribution in [0.4, 0.5) is 0 Å². The van der Waals surface area contributed by atoms with Gasteiger partial charge in [0, 0.05) is 22.1 Å². The molecule has 0 unspecified atom stereocenters. The molecule has 3 aromatic carbocycles. The molecule has 0 aliphatic heterocycles. The Morgan fingerprint density at radius 3 is 1.91 bits per heavy atom. The van der Waals surface area contributed by atoms with Crippen molar-refractivity contribution in [1.82, 2.24) is 0 Å². The third-order valence-electron chi connectivity index (χ3n) is 6.06. The number of benzene rings is 3. The first-order chi connectivity index (χ1) is 14.9. The average molecular weight is 431 g/mol. The van der Waals surface area contributed by atoms with E-state index in [-0.39, 0.29) is 23.2 Å². The summed E-state index contributed by atoms with van der Waals surface area (Å²) in [5.41, 5.74) is 3.21. The van der Waals surface area contributed by atoms with Crippen LogP contribution in [0.15, 0.2) is 57.7 Å². The summed E-state index contributed by atoms with van der Waals surface area (Å²) in [5, 5.41) is 23.5. The first-order valence-corrected chi connectivity index (χ1v) is 10.9. The van der Waals surface area contributed by atoms with Crippen molar-refractivity contribution in [2.75, 3.05) is 0 Å². The molecule has 0 atom stereocenters. The molecule has 4 nitrogen and oxygen atoms in total. The molecule has 1 aromatic heterocycles. The lowest BCUT2D eigenvalue weighted by Gasteiger charge is -2.28. The molecule has 0 radical (unpaired) electrons. The Labute approximate surface area is 188 Å². The van der Waals surface area contributed by atoms with Crippen LogP contribution in [0.5, 0.6) is 5.75 Å². The third kappa shape index (κ3) is 3.59. The standard InChI is InChI=1S/C28H30O4/c1-27(2,3)21-13-17(14-22(24(21)30)28(4,5)6)23-16(15-29)11-12-19-18-9-7-8-10-20(18)26(31)32-25(19)23/h7-14,29-30H,15H2,1-6H3. The molecular weight excluding hydrogens is 400 g/mol. The lowest BCUT2D eigenvalue weighted by Crippen LogP contribution is -2.17. The zero-order chi connectivity index (χ0) is 23.4. The molecule has 0 amide bonds. The number of phenolic OH excluding ortho intramolecular Hbond substituents is 1. The second-order valence-corrected chi connectivity index (χ2v) is 10.5. The predicted molar refractivity (Wildman–Crippen MR) is 130 cm³/mol. The molecule has 4 rings (SSSR count). The van der Waals surface area contributed by atoms with Gasteiger partial charge in [0.15, 0.2) is 0 Å². The average Bonchev–Trinajstić information content (AvgIpc) is 2.72. The first-order valence-electron chi connectivity index (χ1n) is 10.9.